The number of ketones is 1. The molecule has 29 heavy (non-hydrogen) atoms. The van der Waals surface area contributed by atoms with Crippen LogP contribution in [0.2, 0.25) is 0 Å². The minimum atomic E-state index is -0.357. The minimum absolute atomic E-state index is 0.256. The molecular formula is C26H24O3. The normalized spacial score (nSPS) is 15.9. The Balaban J connectivity index is 1.37. The summed E-state index contributed by atoms with van der Waals surface area (Å²) in [5.41, 5.74) is 6.67. The van der Waals surface area contributed by atoms with E-state index in [9.17, 15) is 4.79 Å². The summed E-state index contributed by atoms with van der Waals surface area (Å²) in [5.74, 6) is 1.80. The highest BCUT2D eigenvalue weighted by Crippen LogP contribution is 2.51. The van der Waals surface area contributed by atoms with Crippen molar-refractivity contribution >= 4 is 5.78 Å². The van der Waals surface area contributed by atoms with Gasteiger partial charge in [-0.25, -0.2) is 0 Å². The van der Waals surface area contributed by atoms with E-state index >= 15 is 0 Å². The molecule has 1 aliphatic heterocycles. The summed E-state index contributed by atoms with van der Waals surface area (Å²) in [6.45, 7) is 4.47. The van der Waals surface area contributed by atoms with Crippen molar-refractivity contribution in [3.8, 4) is 22.6 Å². The topological polar surface area (TPSA) is 35.5 Å². The summed E-state index contributed by atoms with van der Waals surface area (Å²) in [6.07, 6.45) is 2.28. The smallest absolute Gasteiger partial charge is 0.231 e. The molecule has 0 spiro atoms. The van der Waals surface area contributed by atoms with Gasteiger partial charge in [-0.2, -0.15) is 0 Å². The molecule has 3 heteroatoms. The highest BCUT2D eigenvalue weighted by molar-refractivity contribution is 5.95. The largest absolute Gasteiger partial charge is 0.454 e. The summed E-state index contributed by atoms with van der Waals surface area (Å²) in [5, 5.41) is 0. The first kappa shape index (κ1) is 18.0. The molecule has 146 valence electrons. The molecule has 0 amide bonds. The van der Waals surface area contributed by atoms with Gasteiger partial charge in [0.1, 0.15) is 5.78 Å². The molecule has 2 aliphatic rings. The molecule has 1 saturated carbocycles. The summed E-state index contributed by atoms with van der Waals surface area (Å²) in [6, 6.07) is 20.9. The molecular weight excluding hydrogens is 360 g/mol. The zero-order valence-corrected chi connectivity index (χ0v) is 16.8. The molecule has 0 radical (unpaired) electrons. The van der Waals surface area contributed by atoms with Crippen LogP contribution in [-0.4, -0.2) is 12.6 Å². The second-order valence-corrected chi connectivity index (χ2v) is 8.27. The first-order valence-electron chi connectivity index (χ1n) is 10.2. The van der Waals surface area contributed by atoms with E-state index in [1.165, 1.54) is 22.3 Å². The van der Waals surface area contributed by atoms with Crippen LogP contribution in [0.5, 0.6) is 11.5 Å². The second-order valence-electron chi connectivity index (χ2n) is 8.27. The Kier molecular flexibility index (Phi) is 4.20. The van der Waals surface area contributed by atoms with E-state index in [0.29, 0.717) is 12.2 Å². The summed E-state index contributed by atoms with van der Waals surface area (Å²) < 4.78 is 10.9. The van der Waals surface area contributed by atoms with Gasteiger partial charge in [0.15, 0.2) is 11.5 Å². The Bertz CT molecular complexity index is 1090. The molecule has 1 fully saturated rings. The number of carbonyl (C=O) groups excluding carboxylic acids is 1. The number of hydrogen-bond acceptors (Lipinski definition) is 3. The molecule has 0 atom stereocenters. The number of fused-ring (bicyclic) bond motifs is 1. The van der Waals surface area contributed by atoms with Crippen LogP contribution in [0.15, 0.2) is 60.7 Å². The number of hydrogen-bond donors (Lipinski definition) is 0. The Hall–Kier alpha value is -3.07. The van der Waals surface area contributed by atoms with E-state index in [0.717, 1.165) is 35.5 Å². The van der Waals surface area contributed by atoms with Crippen molar-refractivity contribution in [3.63, 3.8) is 0 Å². The lowest BCUT2D eigenvalue weighted by molar-refractivity contribution is -0.120. The third-order valence-electron chi connectivity index (χ3n) is 6.23. The Labute approximate surface area is 171 Å². The zero-order chi connectivity index (χ0) is 20.0. The van der Waals surface area contributed by atoms with E-state index in [1.807, 2.05) is 18.2 Å². The van der Waals surface area contributed by atoms with Crippen molar-refractivity contribution in [2.45, 2.75) is 38.5 Å². The van der Waals surface area contributed by atoms with Crippen LogP contribution >= 0.6 is 0 Å². The molecule has 0 saturated heterocycles. The third kappa shape index (κ3) is 3.21. The van der Waals surface area contributed by atoms with Gasteiger partial charge in [-0.3, -0.25) is 4.79 Å². The second kappa shape index (κ2) is 6.77. The lowest BCUT2D eigenvalue weighted by Gasteiger charge is -2.16. The summed E-state index contributed by atoms with van der Waals surface area (Å²) in [4.78, 5) is 13.2. The van der Waals surface area contributed by atoms with Crippen LogP contribution in [0.4, 0.5) is 0 Å². The summed E-state index contributed by atoms with van der Waals surface area (Å²) in [7, 11) is 0. The van der Waals surface area contributed by atoms with Crippen LogP contribution in [0.25, 0.3) is 11.1 Å². The van der Waals surface area contributed by atoms with Gasteiger partial charge < -0.3 is 9.47 Å². The average molecular weight is 384 g/mol. The molecule has 1 heterocycles. The standard InChI is InChI=1S/C26H24O3/c1-17-3-6-20(7-4-17)22-9-5-19(13-18(22)2)14-25(27)26(11-12-26)21-8-10-23-24(15-21)29-16-28-23/h3-10,13,15H,11-12,14,16H2,1-2H3. The van der Waals surface area contributed by atoms with Crippen LogP contribution in [-0.2, 0) is 16.6 Å². The molecule has 5 rings (SSSR count). The fourth-order valence-corrected chi connectivity index (χ4v) is 4.30. The molecule has 3 nitrogen and oxygen atoms in total. The lowest BCUT2D eigenvalue weighted by atomic mass is 9.87. The van der Waals surface area contributed by atoms with Gasteiger partial charge in [0.05, 0.1) is 5.41 Å². The maximum Gasteiger partial charge on any atom is 0.231 e. The number of aryl methyl sites for hydroxylation is 2. The Morgan fingerprint density at radius 1 is 0.897 bits per heavy atom. The SMILES string of the molecule is Cc1ccc(-c2ccc(CC(=O)C3(c4ccc5c(c4)OCO5)CC3)cc2C)cc1. The van der Waals surface area contributed by atoms with Crippen molar-refractivity contribution in [1.82, 2.24) is 0 Å². The number of Topliss-reactive ketones (excluding diaryl/α,β-unsaturated/α-hetero) is 1. The maximum absolute atomic E-state index is 13.2. The number of rotatable bonds is 5. The minimum Gasteiger partial charge on any atom is -0.454 e. The van der Waals surface area contributed by atoms with E-state index in [-0.39, 0.29) is 12.2 Å². The molecule has 0 N–H and O–H groups in total. The highest BCUT2D eigenvalue weighted by atomic mass is 16.7. The third-order valence-corrected chi connectivity index (χ3v) is 6.23. The van der Waals surface area contributed by atoms with Gasteiger partial charge in [-0.15, -0.1) is 0 Å². The van der Waals surface area contributed by atoms with Crippen molar-refractivity contribution in [2.24, 2.45) is 0 Å². The molecule has 1 aliphatic carbocycles. The molecule has 0 unspecified atom stereocenters. The predicted octanol–water partition coefficient (Wildman–Crippen LogP) is 5.54. The van der Waals surface area contributed by atoms with Crippen LogP contribution in [0.3, 0.4) is 0 Å². The van der Waals surface area contributed by atoms with Gasteiger partial charge in [0, 0.05) is 6.42 Å². The van der Waals surface area contributed by atoms with Gasteiger partial charge in [-0.1, -0.05) is 54.1 Å². The number of carbonyl (C=O) groups is 1. The fraction of sp³-hybridized carbons (Fsp3) is 0.269. The maximum atomic E-state index is 13.2. The van der Waals surface area contributed by atoms with E-state index < -0.39 is 0 Å². The molecule has 3 aromatic rings. The van der Waals surface area contributed by atoms with Gasteiger partial charge >= 0.3 is 0 Å². The van der Waals surface area contributed by atoms with Gasteiger partial charge in [-0.05, 0) is 66.6 Å². The van der Waals surface area contributed by atoms with E-state index in [1.54, 1.807) is 0 Å². The van der Waals surface area contributed by atoms with E-state index in [4.69, 9.17) is 9.47 Å². The Morgan fingerprint density at radius 2 is 1.66 bits per heavy atom. The fourth-order valence-electron chi connectivity index (χ4n) is 4.30. The number of ether oxygens (including phenoxy) is 2. The monoisotopic (exact) mass is 384 g/mol. The van der Waals surface area contributed by atoms with Crippen molar-refractivity contribution < 1.29 is 14.3 Å². The van der Waals surface area contributed by atoms with Crippen LogP contribution in [0, 0.1) is 13.8 Å². The van der Waals surface area contributed by atoms with Crippen molar-refractivity contribution in [2.75, 3.05) is 6.79 Å². The Morgan fingerprint density at radius 3 is 2.38 bits per heavy atom. The van der Waals surface area contributed by atoms with Gasteiger partial charge in [0.2, 0.25) is 6.79 Å². The molecule has 0 bridgehead atoms. The zero-order valence-electron chi connectivity index (χ0n) is 16.8. The average Bonchev–Trinajstić information content (AvgIpc) is 3.40. The quantitative estimate of drug-likeness (QED) is 0.579. The predicted molar refractivity (Wildman–Crippen MR) is 114 cm³/mol. The number of benzene rings is 3. The summed E-state index contributed by atoms with van der Waals surface area (Å²) >= 11 is 0. The van der Waals surface area contributed by atoms with Crippen molar-refractivity contribution in [1.29, 1.82) is 0 Å². The van der Waals surface area contributed by atoms with Gasteiger partial charge in [0.25, 0.3) is 0 Å². The highest BCUT2D eigenvalue weighted by Gasteiger charge is 2.50. The van der Waals surface area contributed by atoms with Crippen LogP contribution in [0.1, 0.15) is 35.1 Å². The first-order chi connectivity index (χ1) is 14.0. The first-order valence-corrected chi connectivity index (χ1v) is 10.2. The van der Waals surface area contributed by atoms with Crippen LogP contribution < -0.4 is 9.47 Å². The molecule has 3 aromatic carbocycles. The molecule has 0 aromatic heterocycles. The van der Waals surface area contributed by atoms with E-state index in [2.05, 4.69) is 56.3 Å². The lowest BCUT2D eigenvalue weighted by Crippen LogP contribution is -2.22. The van der Waals surface area contributed by atoms with Crippen molar-refractivity contribution in [3.05, 3.63) is 82.9 Å².